The maximum Gasteiger partial charge on any atom is 0.224 e. The number of Topliss-reactive ketones (excluding diaryl/α,β-unsaturated/α-hetero) is 1. The summed E-state index contributed by atoms with van der Waals surface area (Å²) in [6, 6.07) is 13.0. The molecule has 0 aliphatic carbocycles. The highest BCUT2D eigenvalue weighted by atomic mass is 32.2. The Hall–Kier alpha value is -2.14. The van der Waals surface area contributed by atoms with Crippen molar-refractivity contribution in [2.45, 2.75) is 31.1 Å². The highest BCUT2D eigenvalue weighted by Crippen LogP contribution is 2.23. The first kappa shape index (κ1) is 18.2. The molecule has 0 unspecified atom stereocenters. The predicted molar refractivity (Wildman–Crippen MR) is 96.1 cm³/mol. The second-order valence-corrected chi connectivity index (χ2v) is 6.45. The molecular weight excluding hydrogens is 325 g/mol. The summed E-state index contributed by atoms with van der Waals surface area (Å²) in [7, 11) is 0. The van der Waals surface area contributed by atoms with E-state index in [2.05, 4.69) is 5.32 Å². The molecular formula is C19H20FNO2S. The van der Waals surface area contributed by atoms with Crippen LogP contribution in [0.3, 0.4) is 0 Å². The first-order valence-corrected chi connectivity index (χ1v) is 8.88. The molecule has 0 atom stereocenters. The van der Waals surface area contributed by atoms with Crippen LogP contribution < -0.4 is 5.32 Å². The van der Waals surface area contributed by atoms with Crippen molar-refractivity contribution in [1.29, 1.82) is 0 Å². The molecule has 0 radical (unpaired) electrons. The number of thioether (sulfide) groups is 1. The number of ketones is 1. The van der Waals surface area contributed by atoms with E-state index in [4.69, 9.17) is 0 Å². The average Bonchev–Trinajstić information content (AvgIpc) is 2.59. The Morgan fingerprint density at radius 3 is 2.58 bits per heavy atom. The van der Waals surface area contributed by atoms with Crippen LogP contribution in [0.5, 0.6) is 0 Å². The molecule has 1 N–H and O–H groups in total. The Morgan fingerprint density at radius 2 is 1.88 bits per heavy atom. The van der Waals surface area contributed by atoms with Gasteiger partial charge in [-0.05, 0) is 48.9 Å². The number of hydrogen-bond donors (Lipinski definition) is 1. The van der Waals surface area contributed by atoms with Gasteiger partial charge >= 0.3 is 0 Å². The Bertz CT molecular complexity index is 701. The lowest BCUT2D eigenvalue weighted by Crippen LogP contribution is -2.10. The van der Waals surface area contributed by atoms with Gasteiger partial charge in [-0.25, -0.2) is 4.39 Å². The average molecular weight is 345 g/mol. The number of carbonyl (C=O) groups is 2. The normalized spacial score (nSPS) is 10.4. The Balaban J connectivity index is 1.90. The van der Waals surface area contributed by atoms with Gasteiger partial charge in [-0.3, -0.25) is 9.59 Å². The van der Waals surface area contributed by atoms with Crippen LogP contribution in [0.15, 0.2) is 53.4 Å². The Morgan fingerprint density at radius 1 is 1.12 bits per heavy atom. The molecule has 0 fully saturated rings. The van der Waals surface area contributed by atoms with E-state index in [1.807, 2.05) is 31.2 Å². The summed E-state index contributed by atoms with van der Waals surface area (Å²) in [5, 5.41) is 2.86. The number of anilines is 1. The summed E-state index contributed by atoms with van der Waals surface area (Å²) >= 11 is 1.39. The van der Waals surface area contributed by atoms with Gasteiger partial charge in [0, 0.05) is 22.6 Å². The van der Waals surface area contributed by atoms with E-state index in [9.17, 15) is 14.0 Å². The number of hydrogen-bond acceptors (Lipinski definition) is 3. The van der Waals surface area contributed by atoms with E-state index in [0.717, 1.165) is 23.4 Å². The summed E-state index contributed by atoms with van der Waals surface area (Å²) in [4.78, 5) is 24.8. The second-order valence-electron chi connectivity index (χ2n) is 5.40. The van der Waals surface area contributed by atoms with Crippen LogP contribution in [0.1, 0.15) is 36.5 Å². The third-order valence-corrected chi connectivity index (χ3v) is 4.41. The van der Waals surface area contributed by atoms with Gasteiger partial charge in [0.2, 0.25) is 5.91 Å². The number of carbonyl (C=O) groups excluding carboxylic acids is 2. The zero-order chi connectivity index (χ0) is 17.4. The van der Waals surface area contributed by atoms with Crippen molar-refractivity contribution < 1.29 is 14.0 Å². The first-order chi connectivity index (χ1) is 11.6. The second kappa shape index (κ2) is 9.23. The molecule has 0 aliphatic heterocycles. The smallest absolute Gasteiger partial charge is 0.224 e. The van der Waals surface area contributed by atoms with Crippen molar-refractivity contribution in [1.82, 2.24) is 0 Å². The molecule has 24 heavy (non-hydrogen) atoms. The van der Waals surface area contributed by atoms with Crippen LogP contribution in [-0.2, 0) is 4.79 Å². The third-order valence-electron chi connectivity index (χ3n) is 3.41. The van der Waals surface area contributed by atoms with Gasteiger partial charge in [-0.2, -0.15) is 0 Å². The summed E-state index contributed by atoms with van der Waals surface area (Å²) < 4.78 is 12.9. The highest BCUT2D eigenvalue weighted by Gasteiger charge is 2.08. The number of unbranched alkanes of at least 4 members (excludes halogenated alkanes) is 1. The van der Waals surface area contributed by atoms with Crippen molar-refractivity contribution in [2.75, 3.05) is 11.1 Å². The van der Waals surface area contributed by atoms with E-state index in [1.165, 1.54) is 36.0 Å². The van der Waals surface area contributed by atoms with Crippen molar-refractivity contribution in [3.63, 3.8) is 0 Å². The SMILES string of the molecule is CCCCC(=O)Nc1cccc(SCC(=O)c2ccc(F)cc2)c1. The number of benzene rings is 2. The molecule has 0 saturated carbocycles. The largest absolute Gasteiger partial charge is 0.326 e. The lowest BCUT2D eigenvalue weighted by Gasteiger charge is -2.07. The van der Waals surface area contributed by atoms with Crippen LogP contribution in [0.4, 0.5) is 10.1 Å². The van der Waals surface area contributed by atoms with Gasteiger partial charge in [-0.1, -0.05) is 19.4 Å². The fourth-order valence-corrected chi connectivity index (χ4v) is 2.94. The monoisotopic (exact) mass is 345 g/mol. The summed E-state index contributed by atoms with van der Waals surface area (Å²) in [6.07, 6.45) is 2.36. The predicted octanol–water partition coefficient (Wildman–Crippen LogP) is 4.93. The van der Waals surface area contributed by atoms with Crippen molar-refractivity contribution in [2.24, 2.45) is 0 Å². The number of rotatable bonds is 8. The van der Waals surface area contributed by atoms with Crippen LogP contribution in [0, 0.1) is 5.82 Å². The lowest BCUT2D eigenvalue weighted by atomic mass is 10.1. The molecule has 2 rings (SSSR count). The van der Waals surface area contributed by atoms with Crippen LogP contribution in [0.25, 0.3) is 0 Å². The fraction of sp³-hybridized carbons (Fsp3) is 0.263. The fourth-order valence-electron chi connectivity index (χ4n) is 2.09. The molecule has 1 amide bonds. The molecule has 0 saturated heterocycles. The van der Waals surface area contributed by atoms with Crippen molar-refractivity contribution >= 4 is 29.1 Å². The van der Waals surface area contributed by atoms with E-state index in [-0.39, 0.29) is 23.3 Å². The molecule has 3 nitrogen and oxygen atoms in total. The minimum Gasteiger partial charge on any atom is -0.326 e. The van der Waals surface area contributed by atoms with Gasteiger partial charge in [0.05, 0.1) is 5.75 Å². The molecule has 0 aromatic heterocycles. The van der Waals surface area contributed by atoms with Gasteiger partial charge in [-0.15, -0.1) is 11.8 Å². The van der Waals surface area contributed by atoms with Crippen LogP contribution in [0.2, 0.25) is 0 Å². The molecule has 0 heterocycles. The van der Waals surface area contributed by atoms with Crippen molar-refractivity contribution in [3.05, 3.63) is 59.9 Å². The lowest BCUT2D eigenvalue weighted by molar-refractivity contribution is -0.116. The summed E-state index contributed by atoms with van der Waals surface area (Å²) in [6.45, 7) is 2.04. The summed E-state index contributed by atoms with van der Waals surface area (Å²) in [5.41, 5.74) is 1.23. The standard InChI is InChI=1S/C19H20FNO2S/c1-2-3-7-19(23)21-16-5-4-6-17(12-16)24-13-18(22)14-8-10-15(20)11-9-14/h4-6,8-12H,2-3,7,13H2,1H3,(H,21,23). The van der Waals surface area contributed by atoms with Gasteiger partial charge in [0.1, 0.15) is 5.82 Å². The Kier molecular flexibility index (Phi) is 7.00. The van der Waals surface area contributed by atoms with E-state index >= 15 is 0 Å². The Labute approximate surface area is 145 Å². The van der Waals surface area contributed by atoms with E-state index < -0.39 is 0 Å². The highest BCUT2D eigenvalue weighted by molar-refractivity contribution is 8.00. The van der Waals surface area contributed by atoms with Gasteiger partial charge in [0.25, 0.3) is 0 Å². The zero-order valence-corrected chi connectivity index (χ0v) is 14.4. The molecule has 0 bridgehead atoms. The quantitative estimate of drug-likeness (QED) is 0.545. The van der Waals surface area contributed by atoms with Crippen molar-refractivity contribution in [3.8, 4) is 0 Å². The minimum absolute atomic E-state index is 0.00129. The van der Waals surface area contributed by atoms with Crippen LogP contribution in [-0.4, -0.2) is 17.4 Å². The number of amides is 1. The van der Waals surface area contributed by atoms with Gasteiger partial charge < -0.3 is 5.32 Å². The molecule has 126 valence electrons. The number of halogens is 1. The topological polar surface area (TPSA) is 46.2 Å². The summed E-state index contributed by atoms with van der Waals surface area (Å²) in [5.74, 6) is -0.150. The molecule has 0 aliphatic rings. The molecule has 0 spiro atoms. The minimum atomic E-state index is -0.356. The molecule has 2 aromatic carbocycles. The van der Waals surface area contributed by atoms with Gasteiger partial charge in [0.15, 0.2) is 5.78 Å². The number of nitrogens with one attached hydrogen (secondary N) is 1. The van der Waals surface area contributed by atoms with E-state index in [1.54, 1.807) is 0 Å². The first-order valence-electron chi connectivity index (χ1n) is 7.90. The molecule has 2 aromatic rings. The zero-order valence-electron chi connectivity index (χ0n) is 13.5. The maximum absolute atomic E-state index is 12.9. The third kappa shape index (κ3) is 5.81. The maximum atomic E-state index is 12.9. The molecule has 5 heteroatoms. The van der Waals surface area contributed by atoms with E-state index in [0.29, 0.717) is 12.0 Å². The van der Waals surface area contributed by atoms with Crippen LogP contribution >= 0.6 is 11.8 Å².